The fraction of sp³-hybridized carbons (Fsp3) is 0. The molecular formula is C13H6F4N2. The number of benzene rings is 2. The van der Waals surface area contributed by atoms with Gasteiger partial charge in [0.1, 0.15) is 23.4 Å². The van der Waals surface area contributed by atoms with E-state index in [-0.39, 0.29) is 11.3 Å². The maximum atomic E-state index is 13.4. The third-order valence-electron chi connectivity index (χ3n) is 2.37. The predicted molar refractivity (Wildman–Crippen MR) is 60.7 cm³/mol. The molecular weight excluding hydrogens is 260 g/mol. The second-order valence-corrected chi connectivity index (χ2v) is 3.67. The number of halogens is 4. The summed E-state index contributed by atoms with van der Waals surface area (Å²) >= 11 is 0. The van der Waals surface area contributed by atoms with E-state index in [9.17, 15) is 17.6 Å². The lowest BCUT2D eigenvalue weighted by atomic mass is 10.1. The first-order valence-electron chi connectivity index (χ1n) is 5.12. The van der Waals surface area contributed by atoms with E-state index in [0.29, 0.717) is 12.1 Å². The first-order chi connectivity index (χ1) is 9.01. The van der Waals surface area contributed by atoms with E-state index in [1.165, 1.54) is 0 Å². The molecule has 0 aromatic heterocycles. The molecule has 2 rings (SSSR count). The van der Waals surface area contributed by atoms with Crippen LogP contribution in [0.3, 0.4) is 0 Å². The number of rotatable bonds is 2. The second kappa shape index (κ2) is 4.98. The van der Waals surface area contributed by atoms with Crippen LogP contribution in [0.5, 0.6) is 0 Å². The molecule has 0 aliphatic rings. The van der Waals surface area contributed by atoms with E-state index >= 15 is 0 Å². The van der Waals surface area contributed by atoms with Crippen LogP contribution in [0.4, 0.5) is 28.9 Å². The van der Waals surface area contributed by atoms with Gasteiger partial charge in [-0.25, -0.2) is 17.6 Å². The third-order valence-corrected chi connectivity index (χ3v) is 2.37. The van der Waals surface area contributed by atoms with E-state index < -0.39 is 29.0 Å². The summed E-state index contributed by atoms with van der Waals surface area (Å²) in [7, 11) is 0. The largest absolute Gasteiger partial charge is 0.350 e. The Morgan fingerprint density at radius 2 is 1.53 bits per heavy atom. The number of hydrogen-bond acceptors (Lipinski definition) is 2. The third kappa shape index (κ3) is 2.65. The minimum atomic E-state index is -1.15. The van der Waals surface area contributed by atoms with Crippen molar-refractivity contribution in [3.63, 3.8) is 0 Å². The Labute approximate surface area is 105 Å². The van der Waals surface area contributed by atoms with Crippen molar-refractivity contribution in [2.45, 2.75) is 0 Å². The summed E-state index contributed by atoms with van der Waals surface area (Å²) in [6.07, 6.45) is 0. The second-order valence-electron chi connectivity index (χ2n) is 3.67. The zero-order chi connectivity index (χ0) is 14.0. The first-order valence-corrected chi connectivity index (χ1v) is 5.12. The van der Waals surface area contributed by atoms with Gasteiger partial charge in [-0.2, -0.15) is 5.26 Å². The van der Waals surface area contributed by atoms with E-state index in [4.69, 9.17) is 5.26 Å². The molecule has 0 saturated carbocycles. The van der Waals surface area contributed by atoms with Gasteiger partial charge in [0.15, 0.2) is 11.6 Å². The van der Waals surface area contributed by atoms with Crippen LogP contribution in [0.1, 0.15) is 5.56 Å². The van der Waals surface area contributed by atoms with Crippen LogP contribution in [-0.2, 0) is 0 Å². The number of nitriles is 1. The van der Waals surface area contributed by atoms with Crippen molar-refractivity contribution in [3.05, 3.63) is 59.2 Å². The van der Waals surface area contributed by atoms with Crippen LogP contribution in [0.15, 0.2) is 30.3 Å². The number of nitrogens with one attached hydrogen (secondary N) is 1. The summed E-state index contributed by atoms with van der Waals surface area (Å²) < 4.78 is 52.5. The SMILES string of the molecule is N#Cc1cc(F)ccc1Nc1c(F)cc(F)cc1F. The number of hydrogen-bond donors (Lipinski definition) is 1. The normalized spacial score (nSPS) is 10.1. The summed E-state index contributed by atoms with van der Waals surface area (Å²) in [5, 5.41) is 11.1. The molecule has 0 radical (unpaired) electrons. The Hall–Kier alpha value is -2.55. The molecule has 0 aliphatic carbocycles. The molecule has 19 heavy (non-hydrogen) atoms. The molecule has 0 saturated heterocycles. The van der Waals surface area contributed by atoms with Gasteiger partial charge in [-0.1, -0.05) is 0 Å². The highest BCUT2D eigenvalue weighted by atomic mass is 19.1. The van der Waals surface area contributed by atoms with Gasteiger partial charge in [0.05, 0.1) is 11.3 Å². The van der Waals surface area contributed by atoms with Gasteiger partial charge < -0.3 is 5.32 Å². The smallest absolute Gasteiger partial charge is 0.152 e. The molecule has 0 heterocycles. The molecule has 2 nitrogen and oxygen atoms in total. The molecule has 0 aliphatic heterocycles. The van der Waals surface area contributed by atoms with Gasteiger partial charge in [0.2, 0.25) is 0 Å². The van der Waals surface area contributed by atoms with E-state index in [0.717, 1.165) is 18.2 Å². The molecule has 1 N–H and O–H groups in total. The minimum Gasteiger partial charge on any atom is -0.350 e. The highest BCUT2D eigenvalue weighted by Gasteiger charge is 2.13. The number of anilines is 2. The van der Waals surface area contributed by atoms with Gasteiger partial charge in [-0.15, -0.1) is 0 Å². The van der Waals surface area contributed by atoms with Gasteiger partial charge >= 0.3 is 0 Å². The first kappa shape index (κ1) is 12.9. The monoisotopic (exact) mass is 266 g/mol. The van der Waals surface area contributed by atoms with E-state index in [1.807, 2.05) is 0 Å². The standard InChI is InChI=1S/C13H6F4N2/c14-8-1-2-12(7(3-8)6-18)19-13-10(16)4-9(15)5-11(13)17/h1-5,19H. The molecule has 0 amide bonds. The van der Waals surface area contributed by atoms with Gasteiger partial charge in [0.25, 0.3) is 0 Å². The fourth-order valence-electron chi connectivity index (χ4n) is 1.51. The topological polar surface area (TPSA) is 35.8 Å². The average molecular weight is 266 g/mol. The lowest BCUT2D eigenvalue weighted by molar-refractivity contribution is 0.549. The summed E-state index contributed by atoms with van der Waals surface area (Å²) in [5.41, 5.74) is -0.707. The lowest BCUT2D eigenvalue weighted by Gasteiger charge is -2.10. The minimum absolute atomic E-state index is 0.0216. The molecule has 96 valence electrons. The Balaban J connectivity index is 2.45. The molecule has 0 bridgehead atoms. The van der Waals surface area contributed by atoms with Crippen LogP contribution in [0, 0.1) is 34.6 Å². The van der Waals surface area contributed by atoms with Gasteiger partial charge in [-0.3, -0.25) is 0 Å². The van der Waals surface area contributed by atoms with Crippen molar-refractivity contribution in [2.24, 2.45) is 0 Å². The fourth-order valence-corrected chi connectivity index (χ4v) is 1.51. The Morgan fingerprint density at radius 3 is 2.11 bits per heavy atom. The Kier molecular flexibility index (Phi) is 3.38. The summed E-state index contributed by atoms with van der Waals surface area (Å²) in [6, 6.07) is 5.80. The van der Waals surface area contributed by atoms with Gasteiger partial charge in [-0.05, 0) is 18.2 Å². The summed E-state index contributed by atoms with van der Waals surface area (Å²) in [6.45, 7) is 0. The van der Waals surface area contributed by atoms with E-state index in [2.05, 4.69) is 5.32 Å². The zero-order valence-electron chi connectivity index (χ0n) is 9.35. The highest BCUT2D eigenvalue weighted by Crippen LogP contribution is 2.26. The maximum Gasteiger partial charge on any atom is 0.152 e. The number of nitrogens with zero attached hydrogens (tertiary/aromatic N) is 1. The molecule has 0 fully saturated rings. The zero-order valence-corrected chi connectivity index (χ0v) is 9.35. The highest BCUT2D eigenvalue weighted by molar-refractivity contribution is 5.67. The van der Waals surface area contributed by atoms with Crippen LogP contribution < -0.4 is 5.32 Å². The quantitative estimate of drug-likeness (QED) is 0.838. The van der Waals surface area contributed by atoms with Crippen LogP contribution in [0.25, 0.3) is 0 Å². The molecule has 0 unspecified atom stereocenters. The molecule has 0 spiro atoms. The summed E-state index contributed by atoms with van der Waals surface area (Å²) in [4.78, 5) is 0. The van der Waals surface area contributed by atoms with Crippen molar-refractivity contribution in [1.82, 2.24) is 0 Å². The van der Waals surface area contributed by atoms with E-state index in [1.54, 1.807) is 6.07 Å². The Morgan fingerprint density at radius 1 is 0.895 bits per heavy atom. The summed E-state index contributed by atoms with van der Waals surface area (Å²) in [5.74, 6) is -4.00. The van der Waals surface area contributed by atoms with Crippen LogP contribution in [0.2, 0.25) is 0 Å². The van der Waals surface area contributed by atoms with Crippen molar-refractivity contribution >= 4 is 11.4 Å². The maximum absolute atomic E-state index is 13.4. The Bertz CT molecular complexity index is 654. The average Bonchev–Trinajstić information content (AvgIpc) is 2.35. The molecule has 0 atom stereocenters. The van der Waals surface area contributed by atoms with Crippen molar-refractivity contribution in [2.75, 3.05) is 5.32 Å². The van der Waals surface area contributed by atoms with Crippen molar-refractivity contribution in [1.29, 1.82) is 5.26 Å². The van der Waals surface area contributed by atoms with Crippen molar-refractivity contribution < 1.29 is 17.6 Å². The molecule has 2 aromatic rings. The van der Waals surface area contributed by atoms with Crippen LogP contribution in [-0.4, -0.2) is 0 Å². The van der Waals surface area contributed by atoms with Crippen LogP contribution >= 0.6 is 0 Å². The van der Waals surface area contributed by atoms with Gasteiger partial charge in [0, 0.05) is 12.1 Å². The lowest BCUT2D eigenvalue weighted by Crippen LogP contribution is -2.00. The predicted octanol–water partition coefficient (Wildman–Crippen LogP) is 3.86. The molecule has 2 aromatic carbocycles. The van der Waals surface area contributed by atoms with Crippen molar-refractivity contribution in [3.8, 4) is 6.07 Å². The molecule has 6 heteroatoms.